The average molecular weight is 681 g/mol. The first-order chi connectivity index (χ1) is 24.0. The molecule has 254 valence electrons. The van der Waals surface area contributed by atoms with Gasteiger partial charge in [-0.15, -0.1) is 0 Å². The number of imidazole rings is 2. The molecule has 0 unspecified atom stereocenters. The SMILES string of the molecule is COc1c(C(N)=O)ccc2[nH]c(-c3ccc(OCCOc4ccc(C(=O)O)c(-c5nc6c(OC)c(C(N)=O)ccc6[nH]5)c4)cc3C(=O)O)nc12. The number of rotatable bonds is 13. The van der Waals surface area contributed by atoms with Gasteiger partial charge in [-0.3, -0.25) is 9.59 Å². The van der Waals surface area contributed by atoms with Gasteiger partial charge in [0.2, 0.25) is 0 Å². The van der Waals surface area contributed by atoms with Crippen LogP contribution in [0.1, 0.15) is 41.4 Å². The summed E-state index contributed by atoms with van der Waals surface area (Å²) in [5.74, 6) is -2.56. The molecule has 2 heterocycles. The van der Waals surface area contributed by atoms with Gasteiger partial charge in [-0.25, -0.2) is 19.6 Å². The van der Waals surface area contributed by atoms with Gasteiger partial charge in [0.25, 0.3) is 11.8 Å². The fourth-order valence-electron chi connectivity index (χ4n) is 5.47. The number of nitrogens with two attached hydrogens (primary N) is 2. The highest BCUT2D eigenvalue weighted by molar-refractivity contribution is 6.04. The number of carboxylic acids is 2. The quantitative estimate of drug-likeness (QED) is 0.0951. The van der Waals surface area contributed by atoms with Crippen LogP contribution >= 0.6 is 0 Å². The standard InChI is InChI=1S/C34H28N6O10/c1-47-27-19(29(35)41)7-9-23-25(27)39-31(37-23)17-5-3-16(14-22(17)34(45)46)50-12-11-49-15-4-6-18(33(43)44)21(13-15)32-38-24-10-8-20(30(36)42)28(48-2)26(24)40-32/h3-10,13-14H,11-12H2,1-2H3,(H2,35,41)(H2,36,42)(H,37,39)(H,38,40)(H,43,44)(H,45,46). The molecule has 16 heteroatoms. The molecule has 8 N–H and O–H groups in total. The number of hydrogen-bond acceptors (Lipinski definition) is 10. The number of H-pyrrole nitrogens is 2. The zero-order valence-corrected chi connectivity index (χ0v) is 26.4. The van der Waals surface area contributed by atoms with Crippen LogP contribution in [0.2, 0.25) is 0 Å². The van der Waals surface area contributed by atoms with E-state index in [4.69, 9.17) is 30.4 Å². The Morgan fingerprint density at radius 2 is 1.08 bits per heavy atom. The predicted molar refractivity (Wildman–Crippen MR) is 178 cm³/mol. The third-order valence-electron chi connectivity index (χ3n) is 7.73. The number of methoxy groups -OCH3 is 2. The Balaban J connectivity index is 1.20. The number of ether oxygens (including phenoxy) is 4. The highest BCUT2D eigenvalue weighted by atomic mass is 16.5. The third-order valence-corrected chi connectivity index (χ3v) is 7.73. The Hall–Kier alpha value is -7.10. The zero-order chi connectivity index (χ0) is 35.7. The first kappa shape index (κ1) is 32.8. The van der Waals surface area contributed by atoms with Gasteiger partial charge in [0.05, 0.1) is 47.5 Å². The molecule has 50 heavy (non-hydrogen) atoms. The van der Waals surface area contributed by atoms with Crippen molar-refractivity contribution in [3.05, 3.63) is 82.9 Å². The van der Waals surface area contributed by atoms with Crippen molar-refractivity contribution in [2.45, 2.75) is 0 Å². The molecule has 0 bridgehead atoms. The molecule has 0 aliphatic rings. The molecule has 0 aliphatic carbocycles. The largest absolute Gasteiger partial charge is 0.494 e. The van der Waals surface area contributed by atoms with Gasteiger partial charge in [-0.2, -0.15) is 0 Å². The number of carboxylic acid groups (broad SMARTS) is 2. The molecule has 4 aromatic carbocycles. The molecule has 0 aliphatic heterocycles. The minimum absolute atomic E-state index is 0.00385. The summed E-state index contributed by atoms with van der Waals surface area (Å²) >= 11 is 0. The first-order valence-corrected chi connectivity index (χ1v) is 14.7. The van der Waals surface area contributed by atoms with Gasteiger partial charge in [0, 0.05) is 11.1 Å². The molecular formula is C34H28N6O10. The predicted octanol–water partition coefficient (Wildman–Crippen LogP) is 3.84. The Bertz CT molecular complexity index is 2340. The van der Waals surface area contributed by atoms with Crippen LogP contribution in [0.3, 0.4) is 0 Å². The Morgan fingerprint density at radius 1 is 0.620 bits per heavy atom. The van der Waals surface area contributed by atoms with Gasteiger partial charge >= 0.3 is 11.9 Å². The van der Waals surface area contributed by atoms with E-state index in [0.717, 1.165) is 0 Å². The highest BCUT2D eigenvalue weighted by Crippen LogP contribution is 2.35. The summed E-state index contributed by atoms with van der Waals surface area (Å²) in [6, 6.07) is 14.9. The van der Waals surface area contributed by atoms with E-state index in [2.05, 4.69) is 19.9 Å². The van der Waals surface area contributed by atoms with Gasteiger partial charge in [0.15, 0.2) is 11.5 Å². The zero-order valence-electron chi connectivity index (χ0n) is 26.4. The summed E-state index contributed by atoms with van der Waals surface area (Å²) in [5.41, 5.74) is 13.1. The Morgan fingerprint density at radius 3 is 1.56 bits per heavy atom. The topological polar surface area (TPSA) is 255 Å². The molecule has 0 fully saturated rings. The first-order valence-electron chi connectivity index (χ1n) is 14.7. The number of amides is 2. The van der Waals surface area contributed by atoms with E-state index in [-0.39, 0.29) is 75.5 Å². The number of hydrogen-bond donors (Lipinski definition) is 6. The minimum atomic E-state index is -1.23. The van der Waals surface area contributed by atoms with Crippen LogP contribution in [-0.2, 0) is 0 Å². The lowest BCUT2D eigenvalue weighted by molar-refractivity contribution is 0.0686. The number of nitrogens with zero attached hydrogens (tertiary/aromatic N) is 2. The van der Waals surface area contributed by atoms with Crippen molar-refractivity contribution >= 4 is 45.8 Å². The lowest BCUT2D eigenvalue weighted by Gasteiger charge is -2.12. The van der Waals surface area contributed by atoms with E-state index in [0.29, 0.717) is 27.8 Å². The van der Waals surface area contributed by atoms with Crippen molar-refractivity contribution in [1.29, 1.82) is 0 Å². The summed E-state index contributed by atoms with van der Waals surface area (Å²) in [4.78, 5) is 63.0. The Kier molecular flexibility index (Phi) is 8.66. The fourth-order valence-corrected chi connectivity index (χ4v) is 5.47. The van der Waals surface area contributed by atoms with E-state index in [1.165, 1.54) is 56.7 Å². The number of aromatic carboxylic acids is 2. The molecule has 0 saturated heterocycles. The second kappa shape index (κ2) is 13.2. The van der Waals surface area contributed by atoms with E-state index < -0.39 is 23.8 Å². The van der Waals surface area contributed by atoms with Gasteiger partial charge < -0.3 is 50.6 Å². The molecule has 0 atom stereocenters. The van der Waals surface area contributed by atoms with Crippen molar-refractivity contribution in [1.82, 2.24) is 19.9 Å². The van der Waals surface area contributed by atoms with Gasteiger partial charge in [-0.05, 0) is 60.7 Å². The lowest BCUT2D eigenvalue weighted by Crippen LogP contribution is -2.12. The van der Waals surface area contributed by atoms with E-state index >= 15 is 0 Å². The van der Waals surface area contributed by atoms with Crippen LogP contribution in [0.25, 0.3) is 44.8 Å². The molecule has 16 nitrogen and oxygen atoms in total. The van der Waals surface area contributed by atoms with Crippen LogP contribution < -0.4 is 30.4 Å². The average Bonchev–Trinajstić information content (AvgIpc) is 3.73. The molecule has 2 amide bonds. The number of carbonyl (C=O) groups excluding carboxylic acids is 2. The lowest BCUT2D eigenvalue weighted by atomic mass is 10.1. The maximum absolute atomic E-state index is 12.2. The summed E-state index contributed by atoms with van der Waals surface area (Å²) in [7, 11) is 2.74. The van der Waals surface area contributed by atoms with Crippen LogP contribution in [0.5, 0.6) is 23.0 Å². The molecule has 6 aromatic rings. The molecule has 0 saturated carbocycles. The highest BCUT2D eigenvalue weighted by Gasteiger charge is 2.22. The van der Waals surface area contributed by atoms with Crippen LogP contribution in [0, 0.1) is 0 Å². The molecule has 2 aromatic heterocycles. The number of aromatic nitrogens is 4. The van der Waals surface area contributed by atoms with Crippen LogP contribution in [0.15, 0.2) is 60.7 Å². The molecule has 0 spiro atoms. The van der Waals surface area contributed by atoms with Crippen LogP contribution in [-0.4, -0.2) is 81.3 Å². The van der Waals surface area contributed by atoms with Crippen molar-refractivity contribution < 1.29 is 48.3 Å². The summed E-state index contributed by atoms with van der Waals surface area (Å²) in [6.07, 6.45) is 0. The summed E-state index contributed by atoms with van der Waals surface area (Å²) in [6.45, 7) is 0.0153. The third kappa shape index (κ3) is 6.03. The number of nitrogens with one attached hydrogen (secondary N) is 2. The van der Waals surface area contributed by atoms with E-state index in [9.17, 15) is 29.4 Å². The second-order valence-electron chi connectivity index (χ2n) is 10.7. The number of primary amides is 2. The molecule has 0 radical (unpaired) electrons. The summed E-state index contributed by atoms with van der Waals surface area (Å²) in [5, 5.41) is 19.8. The van der Waals surface area contributed by atoms with Crippen LogP contribution in [0.4, 0.5) is 0 Å². The smallest absolute Gasteiger partial charge is 0.336 e. The van der Waals surface area contributed by atoms with E-state index in [1.54, 1.807) is 18.2 Å². The maximum Gasteiger partial charge on any atom is 0.336 e. The van der Waals surface area contributed by atoms with Gasteiger partial charge in [-0.1, -0.05) is 0 Å². The number of carbonyl (C=O) groups is 4. The minimum Gasteiger partial charge on any atom is -0.494 e. The van der Waals surface area contributed by atoms with Gasteiger partial charge in [0.1, 0.15) is 47.4 Å². The second-order valence-corrected chi connectivity index (χ2v) is 10.7. The van der Waals surface area contributed by atoms with Crippen molar-refractivity contribution in [2.24, 2.45) is 11.5 Å². The van der Waals surface area contributed by atoms with Crippen molar-refractivity contribution in [3.8, 4) is 45.8 Å². The molecular weight excluding hydrogens is 652 g/mol. The number of benzene rings is 4. The fraction of sp³-hybridized carbons (Fsp3) is 0.118. The van der Waals surface area contributed by atoms with Crippen molar-refractivity contribution in [3.63, 3.8) is 0 Å². The number of fused-ring (bicyclic) bond motifs is 2. The Labute approximate surface area is 281 Å². The molecule has 6 rings (SSSR count). The van der Waals surface area contributed by atoms with Crippen molar-refractivity contribution in [2.75, 3.05) is 27.4 Å². The summed E-state index contributed by atoms with van der Waals surface area (Å²) < 4.78 is 22.3. The number of aromatic amines is 2. The van der Waals surface area contributed by atoms with E-state index in [1.807, 2.05) is 0 Å². The maximum atomic E-state index is 12.2. The monoisotopic (exact) mass is 680 g/mol. The normalized spacial score (nSPS) is 11.0.